The average Bonchev–Trinajstić information content (AvgIpc) is 3.25. The molecule has 1 heterocycles. The number of carbonyl (C=O) groups excluding carboxylic acids is 1. The highest BCUT2D eigenvalue weighted by atomic mass is 35.5. The molecule has 1 N–H and O–H groups in total. The van der Waals surface area contributed by atoms with E-state index in [4.69, 9.17) is 32.7 Å². The molecule has 41 heavy (non-hydrogen) atoms. The smallest absolute Gasteiger partial charge is 0.264 e. The van der Waals surface area contributed by atoms with Gasteiger partial charge in [-0.25, -0.2) is 13.8 Å². The second-order valence-electron chi connectivity index (χ2n) is 8.92. The van der Waals surface area contributed by atoms with Crippen molar-refractivity contribution < 1.29 is 22.7 Å². The molecule has 0 saturated carbocycles. The van der Waals surface area contributed by atoms with E-state index >= 15 is 0 Å². The van der Waals surface area contributed by atoms with Crippen LogP contribution in [0.3, 0.4) is 0 Å². The van der Waals surface area contributed by atoms with Crippen LogP contribution in [0.15, 0.2) is 82.8 Å². The molecule has 1 amide bonds. The van der Waals surface area contributed by atoms with Gasteiger partial charge in [-0.15, -0.1) is 0 Å². The third-order valence-electron chi connectivity index (χ3n) is 6.30. The van der Waals surface area contributed by atoms with Crippen LogP contribution >= 0.6 is 23.2 Å². The van der Waals surface area contributed by atoms with Gasteiger partial charge in [0.05, 0.1) is 41.1 Å². The number of sulfonamides is 1. The maximum Gasteiger partial charge on any atom is 0.264 e. The summed E-state index contributed by atoms with van der Waals surface area (Å²) in [5.41, 5.74) is 5.96. The van der Waals surface area contributed by atoms with Gasteiger partial charge in [0.1, 0.15) is 18.0 Å². The van der Waals surface area contributed by atoms with E-state index < -0.39 is 22.5 Å². The maximum absolute atomic E-state index is 13.7. The Hall–Kier alpha value is -3.99. The highest BCUT2D eigenvalue weighted by Crippen LogP contribution is 2.35. The largest absolute Gasteiger partial charge is 0.497 e. The van der Waals surface area contributed by atoms with Crippen LogP contribution in [0.2, 0.25) is 10.0 Å². The number of methoxy groups -OCH3 is 2. The summed E-state index contributed by atoms with van der Waals surface area (Å²) in [4.78, 5) is 13.1. The van der Waals surface area contributed by atoms with Gasteiger partial charge in [-0.1, -0.05) is 41.4 Å². The van der Waals surface area contributed by atoms with Crippen molar-refractivity contribution >= 4 is 51.0 Å². The lowest BCUT2D eigenvalue weighted by atomic mass is 10.2. The number of hydrogen-bond acceptors (Lipinski definition) is 6. The van der Waals surface area contributed by atoms with E-state index in [1.807, 2.05) is 30.5 Å². The van der Waals surface area contributed by atoms with Crippen molar-refractivity contribution in [3.63, 3.8) is 0 Å². The third kappa shape index (κ3) is 6.51. The number of halogens is 2. The summed E-state index contributed by atoms with van der Waals surface area (Å²) in [6.45, 7) is 3.28. The zero-order valence-corrected chi connectivity index (χ0v) is 25.1. The van der Waals surface area contributed by atoms with Gasteiger partial charge >= 0.3 is 0 Å². The predicted octanol–water partition coefficient (Wildman–Crippen LogP) is 5.76. The third-order valence-corrected chi connectivity index (χ3v) is 8.81. The Morgan fingerprint density at radius 3 is 2.37 bits per heavy atom. The van der Waals surface area contributed by atoms with Gasteiger partial charge in [0.2, 0.25) is 0 Å². The Morgan fingerprint density at radius 1 is 0.976 bits per heavy atom. The molecule has 4 aromatic rings. The Morgan fingerprint density at radius 2 is 1.71 bits per heavy atom. The summed E-state index contributed by atoms with van der Waals surface area (Å²) >= 11 is 12.3. The second-order valence-corrected chi connectivity index (χ2v) is 11.6. The fourth-order valence-electron chi connectivity index (χ4n) is 4.29. The lowest BCUT2D eigenvalue weighted by Crippen LogP contribution is -2.39. The number of hydrogen-bond donors (Lipinski definition) is 1. The minimum atomic E-state index is -4.15. The summed E-state index contributed by atoms with van der Waals surface area (Å²) in [7, 11) is -1.25. The first-order valence-electron chi connectivity index (χ1n) is 12.3. The molecule has 0 aliphatic heterocycles. The van der Waals surface area contributed by atoms with Crippen LogP contribution in [0, 0.1) is 13.8 Å². The van der Waals surface area contributed by atoms with Crippen molar-refractivity contribution in [1.29, 1.82) is 0 Å². The molecular formula is C29H28Cl2N4O5S. The molecule has 0 aliphatic carbocycles. The van der Waals surface area contributed by atoms with Crippen molar-refractivity contribution in [3.05, 3.63) is 99.8 Å². The Kier molecular flexibility index (Phi) is 9.27. The summed E-state index contributed by atoms with van der Waals surface area (Å²) in [6.07, 6.45) is 1.50. The minimum Gasteiger partial charge on any atom is -0.497 e. The van der Waals surface area contributed by atoms with Crippen LogP contribution in [0.1, 0.15) is 17.0 Å². The molecule has 0 saturated heterocycles. The quantitative estimate of drug-likeness (QED) is 0.181. The molecule has 214 valence electrons. The fraction of sp³-hybridized carbons (Fsp3) is 0.172. The Bertz CT molecular complexity index is 1710. The van der Waals surface area contributed by atoms with Gasteiger partial charge in [0, 0.05) is 28.7 Å². The lowest BCUT2D eigenvalue weighted by molar-refractivity contribution is -0.119. The number of nitrogens with one attached hydrogen (secondary N) is 1. The zero-order valence-electron chi connectivity index (χ0n) is 22.8. The topological polar surface area (TPSA) is 102 Å². The molecule has 0 spiro atoms. The number of ether oxygens (including phenoxy) is 2. The number of aromatic nitrogens is 1. The van der Waals surface area contributed by atoms with Gasteiger partial charge in [0.25, 0.3) is 15.9 Å². The predicted molar refractivity (Wildman–Crippen MR) is 162 cm³/mol. The molecule has 0 aliphatic rings. The Labute approximate surface area is 249 Å². The molecule has 0 fully saturated rings. The molecule has 0 radical (unpaired) electrons. The van der Waals surface area contributed by atoms with E-state index in [2.05, 4.69) is 10.5 Å². The van der Waals surface area contributed by atoms with E-state index in [1.165, 1.54) is 38.6 Å². The number of amides is 1. The average molecular weight is 616 g/mol. The van der Waals surface area contributed by atoms with Crippen molar-refractivity contribution in [2.24, 2.45) is 5.10 Å². The highest BCUT2D eigenvalue weighted by Gasteiger charge is 2.29. The first-order chi connectivity index (χ1) is 19.6. The number of carbonyl (C=O) groups is 1. The van der Waals surface area contributed by atoms with Gasteiger partial charge < -0.3 is 14.0 Å². The van der Waals surface area contributed by atoms with E-state index in [-0.39, 0.29) is 16.3 Å². The van der Waals surface area contributed by atoms with E-state index in [1.54, 1.807) is 42.5 Å². The summed E-state index contributed by atoms with van der Waals surface area (Å²) in [6, 6.07) is 19.7. The number of nitrogens with zero attached hydrogens (tertiary/aromatic N) is 3. The van der Waals surface area contributed by atoms with Crippen molar-refractivity contribution in [3.8, 4) is 17.2 Å². The number of rotatable bonds is 10. The van der Waals surface area contributed by atoms with Crippen LogP contribution in [0.5, 0.6) is 11.5 Å². The van der Waals surface area contributed by atoms with Crippen molar-refractivity contribution in [2.75, 3.05) is 25.1 Å². The SMILES string of the molecule is COc1ccc(N(CC(=O)N/N=C/c2cc(C)n(-c3ccc(Cl)c(Cl)c3)c2C)S(=O)(=O)c2ccccc2)c(OC)c1. The summed E-state index contributed by atoms with van der Waals surface area (Å²) < 4.78 is 40.9. The van der Waals surface area contributed by atoms with Crippen LogP contribution in [0.25, 0.3) is 5.69 Å². The molecule has 12 heteroatoms. The van der Waals surface area contributed by atoms with Gasteiger partial charge in [0.15, 0.2) is 0 Å². The minimum absolute atomic E-state index is 0.0175. The van der Waals surface area contributed by atoms with Gasteiger partial charge in [-0.2, -0.15) is 5.10 Å². The monoisotopic (exact) mass is 614 g/mol. The van der Waals surface area contributed by atoms with E-state index in [9.17, 15) is 13.2 Å². The molecule has 9 nitrogen and oxygen atoms in total. The van der Waals surface area contributed by atoms with Crippen LogP contribution in [-0.4, -0.2) is 45.9 Å². The van der Waals surface area contributed by atoms with Crippen molar-refractivity contribution in [2.45, 2.75) is 18.7 Å². The lowest BCUT2D eigenvalue weighted by Gasteiger charge is -2.25. The first-order valence-corrected chi connectivity index (χ1v) is 14.5. The molecular weight excluding hydrogens is 587 g/mol. The molecule has 0 unspecified atom stereocenters. The Balaban J connectivity index is 1.60. The van der Waals surface area contributed by atoms with Crippen molar-refractivity contribution in [1.82, 2.24) is 9.99 Å². The van der Waals surface area contributed by atoms with Crippen LogP contribution in [0.4, 0.5) is 5.69 Å². The fourth-order valence-corrected chi connectivity index (χ4v) is 6.03. The first kappa shape index (κ1) is 30.0. The number of benzene rings is 3. The molecule has 0 bridgehead atoms. The summed E-state index contributed by atoms with van der Waals surface area (Å²) in [5.74, 6) is 0.0296. The highest BCUT2D eigenvalue weighted by molar-refractivity contribution is 7.92. The number of anilines is 1. The van der Waals surface area contributed by atoms with Crippen LogP contribution in [-0.2, 0) is 14.8 Å². The molecule has 1 aromatic heterocycles. The number of aryl methyl sites for hydroxylation is 1. The zero-order chi connectivity index (χ0) is 29.7. The summed E-state index contributed by atoms with van der Waals surface area (Å²) in [5, 5.41) is 4.99. The van der Waals surface area contributed by atoms with E-state index in [0.717, 1.165) is 26.9 Å². The van der Waals surface area contributed by atoms with Gasteiger partial charge in [-0.05, 0) is 62.4 Å². The maximum atomic E-state index is 13.7. The standard InChI is InChI=1S/C29H28Cl2N4O5S/c1-19-14-21(20(2)35(19)22-10-12-25(30)26(31)15-22)17-32-33-29(36)18-34(41(37,38)24-8-6-5-7-9-24)27-13-11-23(39-3)16-28(27)40-4/h5-17H,18H2,1-4H3,(H,33,36)/b32-17+. The van der Waals surface area contributed by atoms with E-state index in [0.29, 0.717) is 15.8 Å². The molecule has 4 rings (SSSR count). The van der Waals surface area contributed by atoms with Gasteiger partial charge in [-0.3, -0.25) is 9.10 Å². The second kappa shape index (κ2) is 12.7. The molecule has 3 aromatic carbocycles. The normalized spacial score (nSPS) is 11.5. The van der Waals surface area contributed by atoms with Crippen LogP contribution < -0.4 is 19.2 Å². The number of hydrazone groups is 1. The molecule has 0 atom stereocenters.